The lowest BCUT2D eigenvalue weighted by Gasteiger charge is -2.20. The Hall–Kier alpha value is -1.22. The third-order valence-corrected chi connectivity index (χ3v) is 3.71. The van der Waals surface area contributed by atoms with Crippen molar-refractivity contribution in [3.05, 3.63) is 27.8 Å². The monoisotopic (exact) mass is 284 g/mol. The molecule has 0 amide bonds. The van der Waals surface area contributed by atoms with E-state index in [1.807, 2.05) is 33.8 Å². The molecule has 1 aromatic rings. The van der Waals surface area contributed by atoms with Gasteiger partial charge in [0.2, 0.25) is 0 Å². The van der Waals surface area contributed by atoms with Gasteiger partial charge in [-0.3, -0.25) is 4.79 Å². The summed E-state index contributed by atoms with van der Waals surface area (Å²) in [5.74, 6) is -0.178. The number of carboxylic acids is 1. The van der Waals surface area contributed by atoms with Gasteiger partial charge in [0.1, 0.15) is 5.75 Å². The number of aryl methyl sites for hydroxylation is 1. The average molecular weight is 285 g/mol. The Labute approximate surface area is 119 Å². The Morgan fingerprint density at radius 3 is 2.63 bits per heavy atom. The first-order valence-corrected chi connectivity index (χ1v) is 6.90. The number of aliphatic carboxylic acids is 1. The van der Waals surface area contributed by atoms with E-state index >= 15 is 0 Å². The normalized spacial score (nSPS) is 12.3. The highest BCUT2D eigenvalue weighted by Gasteiger charge is 2.20. The number of hydrogen-bond acceptors (Lipinski definition) is 2. The molecule has 1 rings (SSSR count). The predicted octanol–water partition coefficient (Wildman–Crippen LogP) is 4.32. The summed E-state index contributed by atoms with van der Waals surface area (Å²) in [6.45, 7) is 8.39. The van der Waals surface area contributed by atoms with Crippen LogP contribution >= 0.6 is 11.6 Å². The van der Waals surface area contributed by atoms with E-state index in [1.54, 1.807) is 0 Å². The Bertz CT molecular complexity index is 469. The third kappa shape index (κ3) is 3.87. The molecule has 1 N–H and O–H groups in total. The van der Waals surface area contributed by atoms with Crippen molar-refractivity contribution >= 4 is 17.6 Å². The van der Waals surface area contributed by atoms with Gasteiger partial charge in [0.25, 0.3) is 0 Å². The summed E-state index contributed by atoms with van der Waals surface area (Å²) in [5, 5.41) is 9.64. The van der Waals surface area contributed by atoms with Crippen molar-refractivity contribution < 1.29 is 14.6 Å². The fourth-order valence-corrected chi connectivity index (χ4v) is 2.40. The van der Waals surface area contributed by atoms with Crippen LogP contribution in [0, 0.1) is 13.8 Å². The zero-order chi connectivity index (χ0) is 14.6. The molecule has 0 radical (unpaired) electrons. The van der Waals surface area contributed by atoms with Crippen molar-refractivity contribution in [2.24, 2.45) is 0 Å². The fraction of sp³-hybridized carbons (Fsp3) is 0.533. The summed E-state index contributed by atoms with van der Waals surface area (Å²) >= 11 is 6.27. The van der Waals surface area contributed by atoms with E-state index in [0.29, 0.717) is 11.6 Å². The minimum Gasteiger partial charge on any atom is -0.493 e. The molecule has 0 aliphatic rings. The van der Waals surface area contributed by atoms with Crippen LogP contribution < -0.4 is 4.74 Å². The van der Waals surface area contributed by atoms with Crippen LogP contribution in [0.1, 0.15) is 49.3 Å². The van der Waals surface area contributed by atoms with Crippen LogP contribution in [0.3, 0.4) is 0 Å². The number of ether oxygens (including phenoxy) is 1. The highest BCUT2D eigenvalue weighted by Crippen LogP contribution is 2.37. The second-order valence-electron chi connectivity index (χ2n) is 4.89. The van der Waals surface area contributed by atoms with Crippen LogP contribution in [0.2, 0.25) is 5.02 Å². The van der Waals surface area contributed by atoms with Crippen molar-refractivity contribution in [1.29, 1.82) is 0 Å². The second kappa shape index (κ2) is 6.80. The van der Waals surface area contributed by atoms with Gasteiger partial charge >= 0.3 is 5.97 Å². The largest absolute Gasteiger partial charge is 0.493 e. The van der Waals surface area contributed by atoms with Crippen molar-refractivity contribution in [2.75, 3.05) is 6.61 Å². The molecule has 1 unspecified atom stereocenters. The van der Waals surface area contributed by atoms with Gasteiger partial charge in [-0.15, -0.1) is 0 Å². The molecule has 0 spiro atoms. The maximum absolute atomic E-state index is 10.9. The maximum atomic E-state index is 10.9. The van der Waals surface area contributed by atoms with Crippen LogP contribution in [0.25, 0.3) is 0 Å². The molecule has 1 aromatic carbocycles. The van der Waals surface area contributed by atoms with Crippen molar-refractivity contribution in [3.8, 4) is 5.75 Å². The van der Waals surface area contributed by atoms with Gasteiger partial charge in [-0.25, -0.2) is 0 Å². The standard InChI is InChI=1S/C15H21ClO3/c1-5-6-19-12-7-10(3)15(16)11(4)14(12)9(2)8-13(17)18/h7,9H,5-6,8H2,1-4H3,(H,17,18). The molecular formula is C15H21ClO3. The first-order valence-electron chi connectivity index (χ1n) is 6.52. The molecule has 0 bridgehead atoms. The molecule has 0 aliphatic heterocycles. The van der Waals surface area contributed by atoms with E-state index in [-0.39, 0.29) is 12.3 Å². The summed E-state index contributed by atoms with van der Waals surface area (Å²) in [5.41, 5.74) is 2.78. The number of carbonyl (C=O) groups is 1. The molecule has 0 fully saturated rings. The van der Waals surface area contributed by atoms with Crippen molar-refractivity contribution in [1.82, 2.24) is 0 Å². The summed E-state index contributed by atoms with van der Waals surface area (Å²) < 4.78 is 5.75. The van der Waals surface area contributed by atoms with Gasteiger partial charge in [-0.1, -0.05) is 25.4 Å². The van der Waals surface area contributed by atoms with E-state index in [1.165, 1.54) is 0 Å². The van der Waals surface area contributed by atoms with Crippen molar-refractivity contribution in [2.45, 2.75) is 46.5 Å². The first-order chi connectivity index (χ1) is 8.88. The number of benzene rings is 1. The molecule has 106 valence electrons. The summed E-state index contributed by atoms with van der Waals surface area (Å²) in [7, 11) is 0. The van der Waals surface area contributed by atoms with E-state index < -0.39 is 5.97 Å². The molecule has 1 atom stereocenters. The number of halogens is 1. The summed E-state index contributed by atoms with van der Waals surface area (Å²) in [6.07, 6.45) is 0.982. The zero-order valence-corrected chi connectivity index (χ0v) is 12.7. The van der Waals surface area contributed by atoms with Gasteiger partial charge in [0.15, 0.2) is 0 Å². The highest BCUT2D eigenvalue weighted by atomic mass is 35.5. The summed E-state index contributed by atoms with van der Waals surface area (Å²) in [4.78, 5) is 10.9. The van der Waals surface area contributed by atoms with Crippen LogP contribution in [-0.4, -0.2) is 17.7 Å². The Balaban J connectivity index is 3.24. The molecule has 0 aromatic heterocycles. The molecule has 0 heterocycles. The fourth-order valence-electron chi connectivity index (χ4n) is 2.24. The quantitative estimate of drug-likeness (QED) is 0.846. The Kier molecular flexibility index (Phi) is 5.67. The maximum Gasteiger partial charge on any atom is 0.303 e. The summed E-state index contributed by atoms with van der Waals surface area (Å²) in [6, 6.07) is 1.90. The van der Waals surface area contributed by atoms with Gasteiger partial charge in [0.05, 0.1) is 13.0 Å². The van der Waals surface area contributed by atoms with Gasteiger partial charge in [-0.05, 0) is 43.4 Å². The van der Waals surface area contributed by atoms with Gasteiger partial charge < -0.3 is 9.84 Å². The van der Waals surface area contributed by atoms with Gasteiger partial charge in [0, 0.05) is 10.6 Å². The Morgan fingerprint density at radius 1 is 1.47 bits per heavy atom. The van der Waals surface area contributed by atoms with Crippen LogP contribution in [0.4, 0.5) is 0 Å². The number of rotatable bonds is 6. The number of hydrogen-bond donors (Lipinski definition) is 1. The molecule has 3 nitrogen and oxygen atoms in total. The first kappa shape index (κ1) is 15.8. The van der Waals surface area contributed by atoms with E-state index in [0.717, 1.165) is 28.9 Å². The van der Waals surface area contributed by atoms with Crippen LogP contribution in [-0.2, 0) is 4.79 Å². The lowest BCUT2D eigenvalue weighted by atomic mass is 9.91. The molecule has 0 saturated carbocycles. The Morgan fingerprint density at radius 2 is 2.11 bits per heavy atom. The van der Waals surface area contributed by atoms with E-state index in [9.17, 15) is 4.79 Å². The minimum atomic E-state index is -0.815. The molecule has 19 heavy (non-hydrogen) atoms. The lowest BCUT2D eigenvalue weighted by molar-refractivity contribution is -0.137. The molecule has 4 heteroatoms. The minimum absolute atomic E-state index is 0.0721. The average Bonchev–Trinajstić information content (AvgIpc) is 2.32. The predicted molar refractivity (Wildman–Crippen MR) is 77.4 cm³/mol. The van der Waals surface area contributed by atoms with E-state index in [2.05, 4.69) is 0 Å². The highest BCUT2D eigenvalue weighted by molar-refractivity contribution is 6.32. The second-order valence-corrected chi connectivity index (χ2v) is 5.27. The third-order valence-electron chi connectivity index (χ3n) is 3.13. The topological polar surface area (TPSA) is 46.5 Å². The lowest BCUT2D eigenvalue weighted by Crippen LogP contribution is -2.09. The molecule has 0 aliphatic carbocycles. The van der Waals surface area contributed by atoms with Crippen molar-refractivity contribution in [3.63, 3.8) is 0 Å². The SMILES string of the molecule is CCCOc1cc(C)c(Cl)c(C)c1C(C)CC(=O)O. The van der Waals surface area contributed by atoms with Crippen LogP contribution in [0.15, 0.2) is 6.07 Å². The number of carboxylic acid groups (broad SMARTS) is 1. The zero-order valence-electron chi connectivity index (χ0n) is 11.9. The molecule has 0 saturated heterocycles. The smallest absolute Gasteiger partial charge is 0.303 e. The van der Waals surface area contributed by atoms with Crippen LogP contribution in [0.5, 0.6) is 5.75 Å². The van der Waals surface area contributed by atoms with E-state index in [4.69, 9.17) is 21.4 Å². The van der Waals surface area contributed by atoms with Gasteiger partial charge in [-0.2, -0.15) is 0 Å². The molecular weight excluding hydrogens is 264 g/mol.